The van der Waals surface area contributed by atoms with E-state index < -0.39 is 10.8 Å². The van der Waals surface area contributed by atoms with Crippen molar-refractivity contribution >= 4 is 34.1 Å². The molecule has 0 amide bonds. The fourth-order valence-corrected chi connectivity index (χ4v) is 13.1. The summed E-state index contributed by atoms with van der Waals surface area (Å²) in [6, 6.07) is 98.8. The summed E-state index contributed by atoms with van der Waals surface area (Å²) in [5.41, 5.74) is 22.9. The first kappa shape index (κ1) is 40.7. The van der Waals surface area contributed by atoms with Gasteiger partial charge >= 0.3 is 0 Å². The van der Waals surface area contributed by atoms with Crippen LogP contribution in [-0.2, 0) is 17.3 Å². The lowest BCUT2D eigenvalue weighted by Crippen LogP contribution is -2.41. The Morgan fingerprint density at radius 1 is 0.264 bits per heavy atom. The van der Waals surface area contributed by atoms with Crippen molar-refractivity contribution < 1.29 is 4.74 Å². The van der Waals surface area contributed by atoms with Crippen molar-refractivity contribution in [3.8, 4) is 33.8 Å². The second kappa shape index (κ2) is 15.7. The predicted molar refractivity (Wildman–Crippen MR) is 293 cm³/mol. The molecular formula is C69H46N2O. The molecule has 4 aliphatic rings. The number of benzene rings is 11. The van der Waals surface area contributed by atoms with E-state index in [0.717, 1.165) is 51.8 Å². The van der Waals surface area contributed by atoms with Gasteiger partial charge in [-0.25, -0.2) is 0 Å². The lowest BCUT2D eigenvalue weighted by Gasteiger charge is -2.50. The van der Waals surface area contributed by atoms with Crippen molar-refractivity contribution in [3.05, 3.63) is 323 Å². The first-order valence-electron chi connectivity index (χ1n) is 25.0. The molecule has 72 heavy (non-hydrogen) atoms. The van der Waals surface area contributed by atoms with Gasteiger partial charge in [0.25, 0.3) is 0 Å². The second-order valence-corrected chi connectivity index (χ2v) is 19.5. The van der Waals surface area contributed by atoms with Crippen molar-refractivity contribution in [1.82, 2.24) is 0 Å². The minimum Gasteiger partial charge on any atom is -0.457 e. The Morgan fingerprint density at radius 3 is 1.12 bits per heavy atom. The summed E-state index contributed by atoms with van der Waals surface area (Å²) in [6.07, 6.45) is 0.896. The van der Waals surface area contributed by atoms with Gasteiger partial charge in [0.2, 0.25) is 0 Å². The molecule has 1 aliphatic carbocycles. The molecule has 0 radical (unpaired) electrons. The first-order valence-corrected chi connectivity index (χ1v) is 25.0. The minimum absolute atomic E-state index is 0.567. The number of ether oxygens (including phenoxy) is 1. The zero-order valence-corrected chi connectivity index (χ0v) is 39.4. The van der Waals surface area contributed by atoms with Crippen molar-refractivity contribution in [2.75, 3.05) is 9.80 Å². The molecule has 0 atom stereocenters. The Morgan fingerprint density at radius 2 is 0.639 bits per heavy atom. The van der Waals surface area contributed by atoms with Gasteiger partial charge in [0.1, 0.15) is 11.5 Å². The number of hydrogen-bond donors (Lipinski definition) is 0. The fourth-order valence-electron chi connectivity index (χ4n) is 13.1. The largest absolute Gasteiger partial charge is 0.457 e. The molecule has 0 saturated heterocycles. The summed E-state index contributed by atoms with van der Waals surface area (Å²) >= 11 is 0. The van der Waals surface area contributed by atoms with Gasteiger partial charge in [-0.2, -0.15) is 0 Å². The van der Waals surface area contributed by atoms with Gasteiger partial charge in [0.15, 0.2) is 0 Å². The molecule has 0 unspecified atom stereocenters. The highest BCUT2D eigenvalue weighted by Crippen LogP contribution is 2.65. The number of fused-ring (bicyclic) bond motifs is 16. The van der Waals surface area contributed by atoms with Crippen molar-refractivity contribution in [3.63, 3.8) is 0 Å². The summed E-state index contributed by atoms with van der Waals surface area (Å²) in [7, 11) is 0. The quantitative estimate of drug-likeness (QED) is 0.175. The van der Waals surface area contributed by atoms with E-state index in [9.17, 15) is 0 Å². The molecule has 11 aromatic carbocycles. The van der Waals surface area contributed by atoms with E-state index in [1.54, 1.807) is 0 Å². The maximum atomic E-state index is 6.80. The maximum Gasteiger partial charge on any atom is 0.132 e. The average Bonchev–Trinajstić information content (AvgIpc) is 3.46. The second-order valence-electron chi connectivity index (χ2n) is 19.5. The van der Waals surface area contributed by atoms with Gasteiger partial charge in [-0.15, -0.1) is 0 Å². The van der Waals surface area contributed by atoms with Crippen molar-refractivity contribution in [1.29, 1.82) is 0 Å². The van der Waals surface area contributed by atoms with Crippen LogP contribution < -0.4 is 14.5 Å². The SMILES string of the molecule is c1ccc(-c2ccc3c(c2)C2(c4ccccc4Cc4ccccc42)c2ccccc2N3c2cccc(N3c4ccccc4C4(c5ccccc5Oc5ccccc54)c4cc(-c5ccccc5)ccc43)c2)cc1. The molecule has 3 aliphatic heterocycles. The fraction of sp³-hybridized carbons (Fsp3) is 0.0435. The van der Waals surface area contributed by atoms with E-state index in [1.165, 1.54) is 78.1 Å². The molecular weight excluding hydrogens is 873 g/mol. The molecule has 338 valence electrons. The zero-order chi connectivity index (χ0) is 47.4. The van der Waals surface area contributed by atoms with E-state index >= 15 is 0 Å². The van der Waals surface area contributed by atoms with E-state index in [-0.39, 0.29) is 0 Å². The molecule has 15 rings (SSSR count). The first-order chi connectivity index (χ1) is 35.7. The normalized spacial score (nSPS) is 14.6. The highest BCUT2D eigenvalue weighted by atomic mass is 16.5. The molecule has 3 heteroatoms. The molecule has 11 aromatic rings. The Balaban J connectivity index is 0.985. The third-order valence-electron chi connectivity index (χ3n) is 16.0. The van der Waals surface area contributed by atoms with Gasteiger partial charge < -0.3 is 14.5 Å². The predicted octanol–water partition coefficient (Wildman–Crippen LogP) is 17.4. The van der Waals surface area contributed by atoms with Gasteiger partial charge in [0.05, 0.1) is 33.6 Å². The topological polar surface area (TPSA) is 15.7 Å². The highest BCUT2D eigenvalue weighted by molar-refractivity contribution is 5.96. The summed E-state index contributed by atoms with van der Waals surface area (Å²) in [4.78, 5) is 5.02. The Kier molecular flexibility index (Phi) is 8.85. The van der Waals surface area contributed by atoms with Gasteiger partial charge in [-0.1, -0.05) is 200 Å². The van der Waals surface area contributed by atoms with Crippen molar-refractivity contribution in [2.45, 2.75) is 17.3 Å². The van der Waals surface area contributed by atoms with Gasteiger partial charge in [-0.3, -0.25) is 0 Å². The van der Waals surface area contributed by atoms with Crippen LogP contribution in [0.2, 0.25) is 0 Å². The Labute approximate surface area is 420 Å². The molecule has 3 nitrogen and oxygen atoms in total. The van der Waals surface area contributed by atoms with Crippen LogP contribution in [0.5, 0.6) is 11.5 Å². The monoisotopic (exact) mass is 918 g/mol. The van der Waals surface area contributed by atoms with Gasteiger partial charge in [-0.05, 0) is 140 Å². The molecule has 0 saturated carbocycles. The number of anilines is 6. The summed E-state index contributed by atoms with van der Waals surface area (Å²) in [5, 5.41) is 0. The van der Waals surface area contributed by atoms with Crippen LogP contribution in [0, 0.1) is 0 Å². The highest BCUT2D eigenvalue weighted by Gasteiger charge is 2.52. The van der Waals surface area contributed by atoms with Crippen LogP contribution in [0.4, 0.5) is 34.1 Å². The van der Waals surface area contributed by atoms with Gasteiger partial charge in [0, 0.05) is 22.5 Å². The van der Waals surface area contributed by atoms with Crippen molar-refractivity contribution in [2.24, 2.45) is 0 Å². The average molecular weight is 919 g/mol. The number of para-hydroxylation sites is 4. The lowest BCUT2D eigenvalue weighted by atomic mass is 9.57. The summed E-state index contributed by atoms with van der Waals surface area (Å²) in [5.74, 6) is 1.74. The van der Waals surface area contributed by atoms with E-state index in [0.29, 0.717) is 0 Å². The Bertz CT molecular complexity index is 3620. The maximum absolute atomic E-state index is 6.80. The van der Waals surface area contributed by atoms with Crippen LogP contribution in [0.25, 0.3) is 22.3 Å². The molecule has 3 heterocycles. The van der Waals surface area contributed by atoms with Crippen LogP contribution >= 0.6 is 0 Å². The number of nitrogens with zero attached hydrogens (tertiary/aromatic N) is 2. The van der Waals surface area contributed by atoms with Crippen LogP contribution in [0.1, 0.15) is 55.6 Å². The molecule has 0 bridgehead atoms. The van der Waals surface area contributed by atoms with E-state index in [2.05, 4.69) is 277 Å². The van der Waals surface area contributed by atoms with Crippen LogP contribution in [0.15, 0.2) is 267 Å². The van der Waals surface area contributed by atoms with E-state index in [4.69, 9.17) is 4.74 Å². The zero-order valence-electron chi connectivity index (χ0n) is 39.4. The third kappa shape index (κ3) is 5.62. The summed E-state index contributed by atoms with van der Waals surface area (Å²) in [6.45, 7) is 0. The number of hydrogen-bond acceptors (Lipinski definition) is 3. The Hall–Kier alpha value is -9.18. The lowest BCUT2D eigenvalue weighted by molar-refractivity contribution is 0.434. The van der Waals surface area contributed by atoms with Crippen LogP contribution in [-0.4, -0.2) is 0 Å². The standard InChI is InChI=1S/C69H46N2O/c1-3-20-46(21-4-1)48-38-40-64-60(43-48)68(54-28-9-7-24-50(54)42-51-25-8-10-29-55(51)68)56-30-11-15-34-62(56)70(64)52-26-19-27-53(45-52)71-63-35-16-12-31-57(63)69(61-44-49(39-41-65(61)71)47-22-5-2-6-23-47)58-32-13-17-36-66(58)72-67-37-18-14-33-59(67)69/h1-41,43-45H,42H2. The smallest absolute Gasteiger partial charge is 0.132 e. The third-order valence-corrected chi connectivity index (χ3v) is 16.0. The molecule has 0 aromatic heterocycles. The minimum atomic E-state index is -0.682. The molecule has 0 fully saturated rings. The van der Waals surface area contributed by atoms with Crippen LogP contribution in [0.3, 0.4) is 0 Å². The molecule has 0 N–H and O–H groups in total. The summed E-state index contributed by atoms with van der Waals surface area (Å²) < 4.78 is 6.80. The molecule has 2 spiro atoms. The van der Waals surface area contributed by atoms with E-state index in [1.807, 2.05) is 0 Å². The number of rotatable bonds is 4.